The van der Waals surface area contributed by atoms with Crippen molar-refractivity contribution in [3.8, 4) is 44.5 Å². The number of benzene rings is 9. The van der Waals surface area contributed by atoms with Crippen LogP contribution in [0, 0.1) is 0 Å². The minimum Gasteiger partial charge on any atom is -0.311 e. The number of para-hydroxylation sites is 1. The molecule has 0 fully saturated rings. The molecule has 1 aliphatic rings. The zero-order valence-corrected chi connectivity index (χ0v) is 33.3. The summed E-state index contributed by atoms with van der Waals surface area (Å²) in [7, 11) is 0. The van der Waals surface area contributed by atoms with Gasteiger partial charge in [-0.15, -0.1) is 0 Å². The van der Waals surface area contributed by atoms with Crippen LogP contribution in [0.2, 0.25) is 0 Å². The highest BCUT2D eigenvalue weighted by Crippen LogP contribution is 2.53. The largest absolute Gasteiger partial charge is 0.311 e. The van der Waals surface area contributed by atoms with Gasteiger partial charge < -0.3 is 9.80 Å². The van der Waals surface area contributed by atoms with E-state index in [4.69, 9.17) is 0 Å². The van der Waals surface area contributed by atoms with Crippen LogP contribution in [-0.2, 0) is 5.41 Å². The van der Waals surface area contributed by atoms with Gasteiger partial charge in [0.05, 0.1) is 11.4 Å². The van der Waals surface area contributed by atoms with Gasteiger partial charge in [0.15, 0.2) is 0 Å². The Morgan fingerprint density at radius 3 is 1.10 bits per heavy atom. The van der Waals surface area contributed by atoms with Gasteiger partial charge in [0.25, 0.3) is 0 Å². The number of rotatable bonds is 8. The second-order valence-electron chi connectivity index (χ2n) is 15.8. The molecule has 0 radical (unpaired) electrons. The summed E-state index contributed by atoms with van der Waals surface area (Å²) < 4.78 is 0. The summed E-state index contributed by atoms with van der Waals surface area (Å²) in [4.78, 5) is 4.78. The lowest BCUT2D eigenvalue weighted by Crippen LogP contribution is -2.30. The fraction of sp³-hybridized carbons (Fsp3) is 0.0526. The summed E-state index contributed by atoms with van der Waals surface area (Å²) in [5, 5.41) is 0. The topological polar surface area (TPSA) is 6.48 Å². The van der Waals surface area contributed by atoms with E-state index in [0.717, 1.165) is 22.7 Å². The van der Waals surface area contributed by atoms with E-state index in [0.29, 0.717) is 0 Å². The first kappa shape index (κ1) is 36.0. The maximum Gasteiger partial charge on any atom is 0.0503 e. The standard InChI is InChI=1S/C57H44N2/c1-57(2)53-20-12-13-21-55(53)59(52-37-26-46(27-38-52)43-18-10-5-11-19-43)56-39-30-48(40-54(56)57)47-28-35-51(36-29-47)58(49-31-22-44(23-32-49)41-14-6-3-7-15-41)50-33-24-45(25-34-50)42-16-8-4-9-17-42/h3-40H,1-2H3. The first-order valence-electron chi connectivity index (χ1n) is 20.4. The average molecular weight is 757 g/mol. The molecule has 0 aromatic heterocycles. The van der Waals surface area contributed by atoms with Crippen molar-refractivity contribution in [3.05, 3.63) is 242 Å². The third-order valence-electron chi connectivity index (χ3n) is 11.9. The van der Waals surface area contributed by atoms with Crippen LogP contribution in [0.15, 0.2) is 231 Å². The van der Waals surface area contributed by atoms with Crippen LogP contribution in [-0.4, -0.2) is 0 Å². The maximum absolute atomic E-state index is 2.43. The predicted molar refractivity (Wildman–Crippen MR) is 250 cm³/mol. The summed E-state index contributed by atoms with van der Waals surface area (Å²) in [5.41, 5.74) is 19.0. The van der Waals surface area contributed by atoms with E-state index in [1.165, 1.54) is 67.0 Å². The van der Waals surface area contributed by atoms with Gasteiger partial charge in [-0.3, -0.25) is 0 Å². The van der Waals surface area contributed by atoms with Gasteiger partial charge >= 0.3 is 0 Å². The monoisotopic (exact) mass is 756 g/mol. The zero-order valence-electron chi connectivity index (χ0n) is 33.3. The van der Waals surface area contributed by atoms with Crippen molar-refractivity contribution >= 4 is 34.1 Å². The lowest BCUT2D eigenvalue weighted by atomic mass is 9.73. The third-order valence-corrected chi connectivity index (χ3v) is 11.9. The first-order valence-corrected chi connectivity index (χ1v) is 20.4. The molecule has 282 valence electrons. The Morgan fingerprint density at radius 1 is 0.305 bits per heavy atom. The molecule has 2 heteroatoms. The molecule has 0 saturated heterocycles. The van der Waals surface area contributed by atoms with Crippen LogP contribution in [0.1, 0.15) is 25.0 Å². The summed E-state index contributed by atoms with van der Waals surface area (Å²) in [6.45, 7) is 4.72. The molecule has 1 aliphatic heterocycles. The van der Waals surface area contributed by atoms with Gasteiger partial charge in [-0.2, -0.15) is 0 Å². The molecule has 9 aromatic rings. The molecular formula is C57H44N2. The van der Waals surface area contributed by atoms with Crippen molar-refractivity contribution in [2.75, 3.05) is 9.80 Å². The lowest BCUT2D eigenvalue weighted by Gasteiger charge is -2.42. The molecule has 0 bridgehead atoms. The molecule has 0 saturated carbocycles. The van der Waals surface area contributed by atoms with Crippen LogP contribution in [0.4, 0.5) is 34.1 Å². The second-order valence-corrected chi connectivity index (χ2v) is 15.8. The van der Waals surface area contributed by atoms with Gasteiger partial charge in [0, 0.05) is 28.2 Å². The Labute approximate surface area is 347 Å². The molecule has 0 amide bonds. The molecule has 0 spiro atoms. The van der Waals surface area contributed by atoms with E-state index in [2.05, 4.69) is 254 Å². The lowest BCUT2D eigenvalue weighted by molar-refractivity contribution is 0.632. The number of hydrogen-bond donors (Lipinski definition) is 0. The van der Waals surface area contributed by atoms with E-state index in [-0.39, 0.29) is 5.41 Å². The van der Waals surface area contributed by atoms with Gasteiger partial charge in [-0.05, 0) is 122 Å². The Balaban J connectivity index is 1.01. The second kappa shape index (κ2) is 15.2. The van der Waals surface area contributed by atoms with Crippen molar-refractivity contribution in [3.63, 3.8) is 0 Å². The molecular weight excluding hydrogens is 713 g/mol. The number of anilines is 6. The molecule has 10 rings (SSSR count). The van der Waals surface area contributed by atoms with Crippen molar-refractivity contribution in [2.45, 2.75) is 19.3 Å². The third kappa shape index (κ3) is 6.79. The SMILES string of the molecule is CC1(C)c2ccccc2N(c2ccc(-c3ccccc3)cc2)c2ccc(-c3ccc(N(c4ccc(-c5ccccc5)cc4)c4ccc(-c5ccccc5)cc4)cc3)cc21. The average Bonchev–Trinajstić information content (AvgIpc) is 3.31. The van der Waals surface area contributed by atoms with Gasteiger partial charge in [0.2, 0.25) is 0 Å². The van der Waals surface area contributed by atoms with E-state index in [1.807, 2.05) is 0 Å². The summed E-state index contributed by atoms with van der Waals surface area (Å²) in [6, 6.07) is 83.4. The predicted octanol–water partition coefficient (Wildman–Crippen LogP) is 15.9. The van der Waals surface area contributed by atoms with E-state index in [1.54, 1.807) is 0 Å². The van der Waals surface area contributed by atoms with Crippen LogP contribution in [0.25, 0.3) is 44.5 Å². The first-order chi connectivity index (χ1) is 29.0. The summed E-state index contributed by atoms with van der Waals surface area (Å²) in [6.07, 6.45) is 0. The van der Waals surface area contributed by atoms with Crippen LogP contribution in [0.5, 0.6) is 0 Å². The van der Waals surface area contributed by atoms with Crippen molar-refractivity contribution < 1.29 is 0 Å². The van der Waals surface area contributed by atoms with E-state index in [9.17, 15) is 0 Å². The Kier molecular flexibility index (Phi) is 9.24. The fourth-order valence-corrected chi connectivity index (χ4v) is 8.71. The number of fused-ring (bicyclic) bond motifs is 2. The van der Waals surface area contributed by atoms with Crippen molar-refractivity contribution in [2.24, 2.45) is 0 Å². The Hall–Kier alpha value is -7.42. The van der Waals surface area contributed by atoms with Crippen LogP contribution >= 0.6 is 0 Å². The molecule has 0 unspecified atom stereocenters. The van der Waals surface area contributed by atoms with Crippen molar-refractivity contribution in [1.82, 2.24) is 0 Å². The van der Waals surface area contributed by atoms with Gasteiger partial charge in [-0.25, -0.2) is 0 Å². The molecule has 0 aliphatic carbocycles. The molecule has 2 nitrogen and oxygen atoms in total. The molecule has 0 atom stereocenters. The minimum atomic E-state index is -0.197. The number of hydrogen-bond acceptors (Lipinski definition) is 2. The normalized spacial score (nSPS) is 12.7. The maximum atomic E-state index is 2.43. The molecule has 9 aromatic carbocycles. The Bertz CT molecular complexity index is 2760. The van der Waals surface area contributed by atoms with Gasteiger partial charge in [-0.1, -0.05) is 178 Å². The Morgan fingerprint density at radius 2 is 0.644 bits per heavy atom. The smallest absolute Gasteiger partial charge is 0.0503 e. The molecule has 59 heavy (non-hydrogen) atoms. The quantitative estimate of drug-likeness (QED) is 0.152. The fourth-order valence-electron chi connectivity index (χ4n) is 8.71. The summed E-state index contributed by atoms with van der Waals surface area (Å²) in [5.74, 6) is 0. The molecule has 1 heterocycles. The highest BCUT2D eigenvalue weighted by Gasteiger charge is 2.37. The zero-order chi connectivity index (χ0) is 39.8. The molecule has 0 N–H and O–H groups in total. The van der Waals surface area contributed by atoms with Crippen LogP contribution < -0.4 is 9.80 Å². The van der Waals surface area contributed by atoms with E-state index >= 15 is 0 Å². The van der Waals surface area contributed by atoms with Crippen molar-refractivity contribution in [1.29, 1.82) is 0 Å². The highest BCUT2D eigenvalue weighted by molar-refractivity contribution is 5.89. The van der Waals surface area contributed by atoms with Gasteiger partial charge in [0.1, 0.15) is 0 Å². The summed E-state index contributed by atoms with van der Waals surface area (Å²) >= 11 is 0. The number of nitrogens with zero attached hydrogens (tertiary/aromatic N) is 2. The van der Waals surface area contributed by atoms with Crippen LogP contribution in [0.3, 0.4) is 0 Å². The minimum absolute atomic E-state index is 0.197. The highest BCUT2D eigenvalue weighted by atomic mass is 15.2. The van der Waals surface area contributed by atoms with E-state index < -0.39 is 0 Å².